The highest BCUT2D eigenvalue weighted by Crippen LogP contribution is 2.35. The second kappa shape index (κ2) is 8.24. The number of fused-ring (bicyclic) bond motifs is 3. The number of thiophene rings is 1. The summed E-state index contributed by atoms with van der Waals surface area (Å²) in [5.41, 5.74) is 0.634. The van der Waals surface area contributed by atoms with Crippen molar-refractivity contribution >= 4 is 27.5 Å². The fourth-order valence-corrected chi connectivity index (χ4v) is 6.41. The molecule has 8 heteroatoms. The van der Waals surface area contributed by atoms with Gasteiger partial charge in [0.15, 0.2) is 0 Å². The Labute approximate surface area is 189 Å². The van der Waals surface area contributed by atoms with Gasteiger partial charge in [0.05, 0.1) is 24.7 Å². The first-order valence-corrected chi connectivity index (χ1v) is 12.0. The van der Waals surface area contributed by atoms with Crippen molar-refractivity contribution in [3.63, 3.8) is 0 Å². The van der Waals surface area contributed by atoms with Crippen LogP contribution in [0.2, 0.25) is 0 Å². The highest BCUT2D eigenvalue weighted by Gasteiger charge is 2.32. The molecule has 1 aromatic carbocycles. The minimum atomic E-state index is -0.474. The molecule has 1 saturated carbocycles. The lowest BCUT2D eigenvalue weighted by atomic mass is 9.81. The molecule has 1 fully saturated rings. The lowest BCUT2D eigenvalue weighted by Crippen LogP contribution is -2.41. The Morgan fingerprint density at radius 1 is 1.25 bits per heavy atom. The third-order valence-electron chi connectivity index (χ3n) is 6.81. The molecule has 5 rings (SSSR count). The molecule has 0 saturated heterocycles. The maximum absolute atomic E-state index is 13.4. The largest absolute Gasteiger partial charge is 0.497 e. The predicted molar refractivity (Wildman–Crippen MR) is 125 cm³/mol. The number of benzene rings is 1. The van der Waals surface area contributed by atoms with E-state index in [9.17, 15) is 14.4 Å². The number of nitrogens with zero attached hydrogens (tertiary/aromatic N) is 2. The summed E-state index contributed by atoms with van der Waals surface area (Å²) in [5.74, 6) is 1.52. The van der Waals surface area contributed by atoms with Crippen LogP contribution in [0, 0.1) is 11.8 Å². The van der Waals surface area contributed by atoms with Crippen LogP contribution >= 0.6 is 11.3 Å². The zero-order chi connectivity index (χ0) is 22.4. The summed E-state index contributed by atoms with van der Waals surface area (Å²) in [5, 5.41) is 0.561. The Kier molecular flexibility index (Phi) is 5.41. The van der Waals surface area contributed by atoms with Crippen molar-refractivity contribution in [3.8, 4) is 11.4 Å². The van der Waals surface area contributed by atoms with Gasteiger partial charge in [0, 0.05) is 23.4 Å². The Morgan fingerprint density at radius 2 is 2.09 bits per heavy atom. The van der Waals surface area contributed by atoms with Gasteiger partial charge in [0.2, 0.25) is 5.91 Å². The molecule has 7 nitrogen and oxygen atoms in total. The molecule has 3 aromatic rings. The number of amides is 1. The van der Waals surface area contributed by atoms with Gasteiger partial charge in [-0.3, -0.25) is 14.6 Å². The van der Waals surface area contributed by atoms with Gasteiger partial charge in [-0.15, -0.1) is 11.3 Å². The van der Waals surface area contributed by atoms with Crippen LogP contribution in [-0.4, -0.2) is 34.0 Å². The average molecular weight is 454 g/mol. The van der Waals surface area contributed by atoms with E-state index in [1.807, 2.05) is 4.90 Å². The fourth-order valence-electron chi connectivity index (χ4n) is 5.16. The zero-order valence-electron chi connectivity index (χ0n) is 18.3. The van der Waals surface area contributed by atoms with Gasteiger partial charge in [-0.05, 0) is 42.9 Å². The van der Waals surface area contributed by atoms with E-state index in [-0.39, 0.29) is 17.4 Å². The highest BCUT2D eigenvalue weighted by molar-refractivity contribution is 7.18. The average Bonchev–Trinajstić information content (AvgIpc) is 3.16. The summed E-state index contributed by atoms with van der Waals surface area (Å²) >= 11 is 1.42. The number of carbonyl (C=O) groups is 1. The molecule has 0 unspecified atom stereocenters. The second-order valence-electron chi connectivity index (χ2n) is 8.96. The van der Waals surface area contributed by atoms with Crippen LogP contribution in [0.3, 0.4) is 0 Å². The third kappa shape index (κ3) is 3.56. The van der Waals surface area contributed by atoms with E-state index in [2.05, 4.69) is 11.9 Å². The van der Waals surface area contributed by atoms with Crippen molar-refractivity contribution in [2.24, 2.45) is 11.8 Å². The lowest BCUT2D eigenvalue weighted by molar-refractivity contribution is -0.138. The molecule has 1 aliphatic carbocycles. The van der Waals surface area contributed by atoms with Crippen LogP contribution in [0.1, 0.15) is 43.0 Å². The van der Waals surface area contributed by atoms with Gasteiger partial charge in [0.1, 0.15) is 10.6 Å². The number of methoxy groups -OCH3 is 1. The molecule has 2 aliphatic rings. The quantitative estimate of drug-likeness (QED) is 0.658. The van der Waals surface area contributed by atoms with Crippen molar-refractivity contribution < 1.29 is 9.53 Å². The number of ether oxygens (including phenoxy) is 1. The molecular weight excluding hydrogens is 426 g/mol. The molecule has 0 radical (unpaired) electrons. The van der Waals surface area contributed by atoms with Gasteiger partial charge in [-0.1, -0.05) is 25.8 Å². The second-order valence-corrected chi connectivity index (χ2v) is 10.1. The predicted octanol–water partition coefficient (Wildman–Crippen LogP) is 3.46. The highest BCUT2D eigenvalue weighted by atomic mass is 32.1. The monoisotopic (exact) mass is 453 g/mol. The standard InChI is InChI=1S/C24H27N3O4S/c1-14-5-3-6-15(11-14)22(28)26-10-9-18-19(13-26)32-21-20(18)23(29)27(24(30)25-21)16-7-4-8-17(12-16)31-2/h4,7-8,12,14-15H,3,5-6,9-11,13H2,1-2H3,(H,25,30)/t14-,15+/m1/s1. The molecule has 1 amide bonds. The van der Waals surface area contributed by atoms with Gasteiger partial charge < -0.3 is 9.64 Å². The molecular formula is C24H27N3O4S. The molecule has 3 heterocycles. The number of aromatic amines is 1. The first-order valence-electron chi connectivity index (χ1n) is 11.2. The fraction of sp³-hybridized carbons (Fsp3) is 0.458. The number of rotatable bonds is 3. The topological polar surface area (TPSA) is 84.4 Å². The summed E-state index contributed by atoms with van der Waals surface area (Å²) in [6, 6.07) is 6.91. The number of hydrogen-bond acceptors (Lipinski definition) is 5. The lowest BCUT2D eigenvalue weighted by Gasteiger charge is -2.33. The van der Waals surface area contributed by atoms with E-state index in [0.29, 0.717) is 47.1 Å². The third-order valence-corrected chi connectivity index (χ3v) is 7.94. The van der Waals surface area contributed by atoms with Gasteiger partial charge in [-0.2, -0.15) is 0 Å². The van der Waals surface area contributed by atoms with E-state index in [1.165, 1.54) is 22.3 Å². The van der Waals surface area contributed by atoms with Crippen molar-refractivity contribution in [3.05, 3.63) is 55.5 Å². The van der Waals surface area contributed by atoms with E-state index < -0.39 is 5.69 Å². The first kappa shape index (κ1) is 21.0. The normalized spacial score (nSPS) is 20.9. The van der Waals surface area contributed by atoms with E-state index >= 15 is 0 Å². The summed E-state index contributed by atoms with van der Waals surface area (Å²) in [6.45, 7) is 3.35. The molecule has 168 valence electrons. The number of carbonyl (C=O) groups excluding carboxylic acids is 1. The smallest absolute Gasteiger partial charge is 0.334 e. The SMILES string of the molecule is COc1cccc(-n2c(=O)[nH]c3sc4c(c3c2=O)CCN(C(=O)[C@H]2CCC[C@@H](C)C2)C4)c1. The maximum atomic E-state index is 13.4. The van der Waals surface area contributed by atoms with Crippen LogP contribution in [0.4, 0.5) is 0 Å². The molecule has 2 atom stereocenters. The molecule has 2 aromatic heterocycles. The van der Waals surface area contributed by atoms with Crippen molar-refractivity contribution in [2.75, 3.05) is 13.7 Å². The minimum absolute atomic E-state index is 0.111. The number of hydrogen-bond donors (Lipinski definition) is 1. The summed E-state index contributed by atoms with van der Waals surface area (Å²) < 4.78 is 6.41. The Balaban J connectivity index is 1.51. The van der Waals surface area contributed by atoms with Crippen molar-refractivity contribution in [1.29, 1.82) is 0 Å². The zero-order valence-corrected chi connectivity index (χ0v) is 19.2. The number of aromatic nitrogens is 2. The Hall–Kier alpha value is -2.87. The van der Waals surface area contributed by atoms with Gasteiger partial charge >= 0.3 is 5.69 Å². The maximum Gasteiger partial charge on any atom is 0.334 e. The van der Waals surface area contributed by atoms with E-state index in [4.69, 9.17) is 4.74 Å². The molecule has 0 bridgehead atoms. The minimum Gasteiger partial charge on any atom is -0.497 e. The van der Waals surface area contributed by atoms with Crippen molar-refractivity contribution in [2.45, 2.75) is 45.6 Å². The van der Waals surface area contributed by atoms with Crippen LogP contribution in [-0.2, 0) is 17.8 Å². The van der Waals surface area contributed by atoms with Crippen molar-refractivity contribution in [1.82, 2.24) is 14.5 Å². The first-order chi connectivity index (χ1) is 15.5. The van der Waals surface area contributed by atoms with Crippen LogP contribution in [0.15, 0.2) is 33.9 Å². The van der Waals surface area contributed by atoms with E-state index in [0.717, 1.165) is 29.7 Å². The van der Waals surface area contributed by atoms with Gasteiger partial charge in [-0.25, -0.2) is 9.36 Å². The van der Waals surface area contributed by atoms with E-state index in [1.54, 1.807) is 31.4 Å². The Morgan fingerprint density at radius 3 is 2.88 bits per heavy atom. The summed E-state index contributed by atoms with van der Waals surface area (Å²) in [7, 11) is 1.55. The molecule has 32 heavy (non-hydrogen) atoms. The molecule has 0 spiro atoms. The van der Waals surface area contributed by atoms with Crippen LogP contribution < -0.4 is 16.0 Å². The summed E-state index contributed by atoms with van der Waals surface area (Å²) in [6.07, 6.45) is 4.88. The summed E-state index contributed by atoms with van der Waals surface area (Å²) in [4.78, 5) is 45.8. The molecule has 1 aliphatic heterocycles. The molecule has 1 N–H and O–H groups in total. The van der Waals surface area contributed by atoms with Crippen LogP contribution in [0.5, 0.6) is 5.75 Å². The van der Waals surface area contributed by atoms with Gasteiger partial charge in [0.25, 0.3) is 5.56 Å². The van der Waals surface area contributed by atoms with Crippen LogP contribution in [0.25, 0.3) is 15.9 Å². The Bertz CT molecular complexity index is 1300. The number of H-pyrrole nitrogens is 1. The number of nitrogens with one attached hydrogen (secondary N) is 1.